The molecule has 0 amide bonds. The van der Waals surface area contributed by atoms with Gasteiger partial charge < -0.3 is 24.2 Å². The number of hydrogen-bond acceptors (Lipinski definition) is 6. The summed E-state index contributed by atoms with van der Waals surface area (Å²) in [5, 5.41) is 0. The van der Waals surface area contributed by atoms with Crippen molar-refractivity contribution in [3.05, 3.63) is 53.9 Å². The van der Waals surface area contributed by atoms with Crippen molar-refractivity contribution in [2.24, 2.45) is 10.9 Å². The lowest BCUT2D eigenvalue weighted by atomic mass is 9.96. The third-order valence-corrected chi connectivity index (χ3v) is 5.98. The second-order valence-corrected chi connectivity index (χ2v) is 8.36. The predicted molar refractivity (Wildman–Crippen MR) is 122 cm³/mol. The van der Waals surface area contributed by atoms with Gasteiger partial charge in [-0.3, -0.25) is 0 Å². The van der Waals surface area contributed by atoms with Crippen LogP contribution in [0.1, 0.15) is 18.4 Å². The van der Waals surface area contributed by atoms with Crippen molar-refractivity contribution >= 4 is 11.5 Å². The predicted octanol–water partition coefficient (Wildman–Crippen LogP) is 3.44. The first kappa shape index (κ1) is 20.5. The fourth-order valence-corrected chi connectivity index (χ4v) is 4.38. The third kappa shape index (κ3) is 4.38. The van der Waals surface area contributed by atoms with E-state index in [0.717, 1.165) is 54.1 Å². The standard InChI is InChI=1S/C24H32N4O2/c1-26(2)16-18-9-12-27(13-10-18)20-6-8-24-25-21(11-14-28(24)17-20)19-5-7-22(29-3)23(15-19)30-4/h5-8,11,15,17-18H,9-10,12-14,16H2,1-4H3. The molecule has 1 saturated heterocycles. The van der Waals surface area contributed by atoms with Gasteiger partial charge in [-0.05, 0) is 69.3 Å². The largest absolute Gasteiger partial charge is 0.493 e. The highest BCUT2D eigenvalue weighted by molar-refractivity contribution is 6.00. The fraction of sp³-hybridized carbons (Fsp3) is 0.458. The monoisotopic (exact) mass is 408 g/mol. The van der Waals surface area contributed by atoms with E-state index in [1.54, 1.807) is 14.2 Å². The number of allylic oxidation sites excluding steroid dienone is 1. The van der Waals surface area contributed by atoms with Crippen molar-refractivity contribution in [1.29, 1.82) is 0 Å². The number of aliphatic imine (C=N–C) groups is 1. The minimum absolute atomic E-state index is 0.720. The van der Waals surface area contributed by atoms with Gasteiger partial charge in [0.2, 0.25) is 0 Å². The molecule has 1 fully saturated rings. The van der Waals surface area contributed by atoms with Crippen molar-refractivity contribution in [3.8, 4) is 11.5 Å². The van der Waals surface area contributed by atoms with Crippen LogP contribution in [0.5, 0.6) is 11.5 Å². The van der Waals surface area contributed by atoms with Gasteiger partial charge in [-0.15, -0.1) is 0 Å². The number of benzene rings is 1. The zero-order valence-corrected chi connectivity index (χ0v) is 18.5. The molecule has 160 valence electrons. The molecule has 0 bridgehead atoms. The van der Waals surface area contributed by atoms with Crippen molar-refractivity contribution in [3.63, 3.8) is 0 Å². The third-order valence-electron chi connectivity index (χ3n) is 5.98. The van der Waals surface area contributed by atoms with Crippen LogP contribution in [0.25, 0.3) is 5.70 Å². The topological polar surface area (TPSA) is 40.5 Å². The normalized spacial score (nSPS) is 19.3. The number of piperidine rings is 1. The summed E-state index contributed by atoms with van der Waals surface area (Å²) in [4.78, 5) is 11.9. The maximum atomic E-state index is 5.44. The molecular weight excluding hydrogens is 376 g/mol. The molecule has 0 unspecified atom stereocenters. The molecule has 1 aromatic carbocycles. The Morgan fingerprint density at radius 2 is 1.83 bits per heavy atom. The zero-order valence-electron chi connectivity index (χ0n) is 18.5. The molecule has 3 aliphatic rings. The van der Waals surface area contributed by atoms with Gasteiger partial charge in [0, 0.05) is 37.9 Å². The van der Waals surface area contributed by atoms with Crippen molar-refractivity contribution in [2.45, 2.75) is 12.8 Å². The Morgan fingerprint density at radius 3 is 2.53 bits per heavy atom. The second-order valence-electron chi connectivity index (χ2n) is 8.36. The molecule has 0 radical (unpaired) electrons. The Morgan fingerprint density at radius 1 is 1.07 bits per heavy atom. The first-order valence-electron chi connectivity index (χ1n) is 10.6. The van der Waals surface area contributed by atoms with E-state index in [1.165, 1.54) is 25.1 Å². The van der Waals surface area contributed by atoms with Gasteiger partial charge in [0.05, 0.1) is 25.6 Å². The quantitative estimate of drug-likeness (QED) is 0.721. The van der Waals surface area contributed by atoms with Crippen LogP contribution in [0.3, 0.4) is 0 Å². The van der Waals surface area contributed by atoms with Gasteiger partial charge in [0.25, 0.3) is 0 Å². The number of ether oxygens (including phenoxy) is 2. The molecule has 3 heterocycles. The highest BCUT2D eigenvalue weighted by Gasteiger charge is 2.24. The fourth-order valence-electron chi connectivity index (χ4n) is 4.38. The Balaban J connectivity index is 1.43. The van der Waals surface area contributed by atoms with Crippen LogP contribution < -0.4 is 9.47 Å². The van der Waals surface area contributed by atoms with E-state index in [-0.39, 0.29) is 0 Å². The van der Waals surface area contributed by atoms with E-state index in [2.05, 4.69) is 53.2 Å². The average Bonchev–Trinajstić information content (AvgIpc) is 2.78. The summed E-state index contributed by atoms with van der Waals surface area (Å²) in [5.74, 6) is 3.24. The zero-order chi connectivity index (χ0) is 21.1. The van der Waals surface area contributed by atoms with E-state index in [0.29, 0.717) is 0 Å². The molecular formula is C24H32N4O2. The molecule has 0 aromatic heterocycles. The summed E-state index contributed by atoms with van der Waals surface area (Å²) < 4.78 is 10.8. The number of fused-ring (bicyclic) bond motifs is 1. The smallest absolute Gasteiger partial charge is 0.161 e. The first-order valence-corrected chi connectivity index (χ1v) is 10.6. The summed E-state index contributed by atoms with van der Waals surface area (Å²) in [6, 6.07) is 5.94. The molecule has 0 spiro atoms. The maximum absolute atomic E-state index is 5.44. The molecule has 0 aliphatic carbocycles. The van der Waals surface area contributed by atoms with Gasteiger partial charge in [0.15, 0.2) is 11.5 Å². The number of amidine groups is 1. The highest BCUT2D eigenvalue weighted by Crippen LogP contribution is 2.32. The molecule has 0 atom stereocenters. The summed E-state index contributed by atoms with van der Waals surface area (Å²) in [7, 11) is 7.64. The lowest BCUT2D eigenvalue weighted by Gasteiger charge is -2.37. The number of rotatable bonds is 6. The van der Waals surface area contributed by atoms with Crippen LogP contribution >= 0.6 is 0 Å². The van der Waals surface area contributed by atoms with Crippen LogP contribution in [0.4, 0.5) is 0 Å². The second kappa shape index (κ2) is 8.96. The molecule has 4 rings (SSSR count). The molecule has 6 heteroatoms. The molecule has 1 aromatic rings. The van der Waals surface area contributed by atoms with Crippen molar-refractivity contribution < 1.29 is 9.47 Å². The van der Waals surface area contributed by atoms with Crippen LogP contribution in [0.15, 0.2) is 53.3 Å². The van der Waals surface area contributed by atoms with Crippen LogP contribution in [-0.2, 0) is 0 Å². The number of likely N-dealkylation sites (tertiary alicyclic amines) is 1. The maximum Gasteiger partial charge on any atom is 0.161 e. The lowest BCUT2D eigenvalue weighted by molar-refractivity contribution is 0.195. The van der Waals surface area contributed by atoms with Gasteiger partial charge in [0.1, 0.15) is 5.84 Å². The summed E-state index contributed by atoms with van der Waals surface area (Å²) in [5.41, 5.74) is 3.29. The molecule has 0 saturated carbocycles. The minimum atomic E-state index is 0.720. The van der Waals surface area contributed by atoms with Crippen molar-refractivity contribution in [2.75, 3.05) is 54.5 Å². The minimum Gasteiger partial charge on any atom is -0.493 e. The summed E-state index contributed by atoms with van der Waals surface area (Å²) in [6.45, 7) is 4.26. The van der Waals surface area contributed by atoms with Gasteiger partial charge in [-0.25, -0.2) is 4.99 Å². The molecule has 0 N–H and O–H groups in total. The van der Waals surface area contributed by atoms with E-state index in [9.17, 15) is 0 Å². The Bertz CT molecular complexity index is 892. The summed E-state index contributed by atoms with van der Waals surface area (Å²) >= 11 is 0. The molecule has 30 heavy (non-hydrogen) atoms. The van der Waals surface area contributed by atoms with Crippen molar-refractivity contribution in [1.82, 2.24) is 14.7 Å². The van der Waals surface area contributed by atoms with Crippen LogP contribution in [0, 0.1) is 5.92 Å². The summed E-state index contributed by atoms with van der Waals surface area (Å²) in [6.07, 6.45) is 11.3. The SMILES string of the molecule is COc1ccc(C2=CCN3C=C(N4CCC(CN(C)C)CC4)C=CC3=N2)cc1OC. The lowest BCUT2D eigenvalue weighted by Crippen LogP contribution is -2.38. The number of hydrogen-bond donors (Lipinski definition) is 0. The molecule has 6 nitrogen and oxygen atoms in total. The van der Waals surface area contributed by atoms with E-state index < -0.39 is 0 Å². The van der Waals surface area contributed by atoms with E-state index >= 15 is 0 Å². The van der Waals surface area contributed by atoms with Crippen LogP contribution in [-0.4, -0.2) is 75.0 Å². The number of methoxy groups -OCH3 is 2. The Labute approximate surface area is 179 Å². The Kier molecular flexibility index (Phi) is 6.13. The van der Waals surface area contributed by atoms with Gasteiger partial charge >= 0.3 is 0 Å². The average molecular weight is 409 g/mol. The van der Waals surface area contributed by atoms with Gasteiger partial charge in [-0.2, -0.15) is 0 Å². The first-order chi connectivity index (χ1) is 14.6. The van der Waals surface area contributed by atoms with Gasteiger partial charge in [-0.1, -0.05) is 0 Å². The van der Waals surface area contributed by atoms with Crippen LogP contribution in [0.2, 0.25) is 0 Å². The number of nitrogens with zero attached hydrogens (tertiary/aromatic N) is 4. The Hall–Kier alpha value is -2.73. The highest BCUT2D eigenvalue weighted by atomic mass is 16.5. The van der Waals surface area contributed by atoms with E-state index in [1.807, 2.05) is 18.2 Å². The molecule has 3 aliphatic heterocycles. The van der Waals surface area contributed by atoms with E-state index in [4.69, 9.17) is 14.5 Å².